The standard InChI is InChI=1S/C28H40N2O4/c31-25-11-9-21(19-27(25)33)17-23-7-5-15-29(23)13-3-1-2-4-14-30-16-6-8-24(30)18-22-10-12-26(32)28(34)20-22/h9-12,19-20,23-24,31-34H,1-8,13-18H2/t23-,24?/m1/s1. The number of benzene rings is 2. The molecule has 4 N–H and O–H groups in total. The predicted octanol–water partition coefficient (Wildman–Crippen LogP) is 4.78. The van der Waals surface area contributed by atoms with Gasteiger partial charge in [-0.1, -0.05) is 25.0 Å². The lowest BCUT2D eigenvalue weighted by atomic mass is 10.0. The van der Waals surface area contributed by atoms with Gasteiger partial charge in [-0.15, -0.1) is 0 Å². The molecule has 2 atom stereocenters. The smallest absolute Gasteiger partial charge is 0.157 e. The third-order valence-electron chi connectivity index (χ3n) is 7.66. The van der Waals surface area contributed by atoms with E-state index in [2.05, 4.69) is 9.80 Å². The first-order valence-electron chi connectivity index (χ1n) is 13.0. The van der Waals surface area contributed by atoms with E-state index in [9.17, 15) is 20.4 Å². The van der Waals surface area contributed by atoms with Gasteiger partial charge in [0.05, 0.1) is 0 Å². The molecule has 2 aliphatic rings. The van der Waals surface area contributed by atoms with Crippen LogP contribution in [0.15, 0.2) is 36.4 Å². The van der Waals surface area contributed by atoms with Crippen LogP contribution in [0.25, 0.3) is 0 Å². The van der Waals surface area contributed by atoms with E-state index in [0.717, 1.165) is 50.1 Å². The van der Waals surface area contributed by atoms with Crippen LogP contribution in [0, 0.1) is 0 Å². The van der Waals surface area contributed by atoms with Crippen LogP contribution in [0.4, 0.5) is 0 Å². The zero-order chi connectivity index (χ0) is 23.9. The Morgan fingerprint density at radius 2 is 1.03 bits per heavy atom. The normalized spacial score (nSPS) is 21.4. The Kier molecular flexibility index (Phi) is 8.57. The number of unbranched alkanes of at least 4 members (excludes halogenated alkanes) is 3. The van der Waals surface area contributed by atoms with Crippen LogP contribution in [-0.4, -0.2) is 68.5 Å². The third kappa shape index (κ3) is 6.57. The maximum absolute atomic E-state index is 9.77. The lowest BCUT2D eigenvalue weighted by Gasteiger charge is -2.25. The topological polar surface area (TPSA) is 87.4 Å². The van der Waals surface area contributed by atoms with Gasteiger partial charge in [-0.05, 0) is 113 Å². The van der Waals surface area contributed by atoms with Gasteiger partial charge >= 0.3 is 0 Å². The summed E-state index contributed by atoms with van der Waals surface area (Å²) in [6, 6.07) is 11.5. The predicted molar refractivity (Wildman–Crippen MR) is 135 cm³/mol. The molecule has 2 heterocycles. The van der Waals surface area contributed by atoms with Crippen molar-refractivity contribution in [3.63, 3.8) is 0 Å². The number of aromatic hydroxyl groups is 4. The first kappa shape index (κ1) is 24.7. The zero-order valence-corrected chi connectivity index (χ0v) is 20.2. The van der Waals surface area contributed by atoms with Gasteiger partial charge in [0.1, 0.15) is 0 Å². The Labute approximate surface area is 203 Å². The Morgan fingerprint density at radius 1 is 0.588 bits per heavy atom. The summed E-state index contributed by atoms with van der Waals surface area (Å²) in [5.41, 5.74) is 2.18. The minimum Gasteiger partial charge on any atom is -0.504 e. The first-order valence-corrected chi connectivity index (χ1v) is 13.0. The van der Waals surface area contributed by atoms with Gasteiger partial charge in [0.2, 0.25) is 0 Å². The SMILES string of the molecule is Oc1ccc(CC2CCCN2CCCCCCN2CCC[C@@H]2Cc2ccc(O)c(O)c2)cc1O. The fraction of sp³-hybridized carbons (Fsp3) is 0.571. The second-order valence-corrected chi connectivity index (χ2v) is 10.1. The number of nitrogens with zero attached hydrogens (tertiary/aromatic N) is 2. The van der Waals surface area contributed by atoms with Gasteiger partial charge < -0.3 is 30.2 Å². The monoisotopic (exact) mass is 468 g/mol. The van der Waals surface area contributed by atoms with E-state index in [1.807, 2.05) is 12.1 Å². The van der Waals surface area contributed by atoms with Gasteiger partial charge in [-0.25, -0.2) is 0 Å². The number of rotatable bonds is 11. The number of phenols is 4. The van der Waals surface area contributed by atoms with Gasteiger partial charge in [0.15, 0.2) is 23.0 Å². The van der Waals surface area contributed by atoms with E-state index in [1.54, 1.807) is 24.3 Å². The van der Waals surface area contributed by atoms with E-state index in [4.69, 9.17) is 0 Å². The summed E-state index contributed by atoms with van der Waals surface area (Å²) in [6.07, 6.45) is 11.7. The van der Waals surface area contributed by atoms with Crippen LogP contribution in [0.1, 0.15) is 62.5 Å². The molecule has 0 radical (unpaired) electrons. The third-order valence-corrected chi connectivity index (χ3v) is 7.66. The zero-order valence-electron chi connectivity index (χ0n) is 20.2. The van der Waals surface area contributed by atoms with Crippen molar-refractivity contribution in [1.29, 1.82) is 0 Å². The van der Waals surface area contributed by atoms with Crippen molar-refractivity contribution in [3.05, 3.63) is 47.5 Å². The van der Waals surface area contributed by atoms with Crippen LogP contribution in [-0.2, 0) is 12.8 Å². The molecule has 2 fully saturated rings. The van der Waals surface area contributed by atoms with E-state index in [0.29, 0.717) is 12.1 Å². The number of hydrogen-bond donors (Lipinski definition) is 4. The number of phenolic OH excluding ortho intramolecular Hbond substituents is 4. The minimum absolute atomic E-state index is 0.0245. The van der Waals surface area contributed by atoms with Gasteiger partial charge in [0.25, 0.3) is 0 Å². The summed E-state index contributed by atoms with van der Waals surface area (Å²) < 4.78 is 0. The molecule has 0 spiro atoms. The molecular weight excluding hydrogens is 428 g/mol. The molecule has 0 aliphatic carbocycles. The second-order valence-electron chi connectivity index (χ2n) is 10.1. The van der Waals surface area contributed by atoms with Crippen molar-refractivity contribution in [3.8, 4) is 23.0 Å². The van der Waals surface area contributed by atoms with Crippen LogP contribution in [0.5, 0.6) is 23.0 Å². The quantitative estimate of drug-likeness (QED) is 0.280. The molecule has 2 saturated heterocycles. The molecule has 2 aromatic carbocycles. The Morgan fingerprint density at radius 3 is 1.44 bits per heavy atom. The molecule has 0 aromatic heterocycles. The maximum Gasteiger partial charge on any atom is 0.157 e. The van der Waals surface area contributed by atoms with Crippen molar-refractivity contribution in [2.24, 2.45) is 0 Å². The van der Waals surface area contributed by atoms with E-state index in [-0.39, 0.29) is 23.0 Å². The van der Waals surface area contributed by atoms with Crippen molar-refractivity contribution >= 4 is 0 Å². The lowest BCUT2D eigenvalue weighted by molar-refractivity contribution is 0.236. The van der Waals surface area contributed by atoms with E-state index >= 15 is 0 Å². The molecule has 0 saturated carbocycles. The summed E-state index contributed by atoms with van der Waals surface area (Å²) in [5.74, 6) is -0.147. The average Bonchev–Trinajstić information content (AvgIpc) is 3.45. The Balaban J connectivity index is 1.13. The van der Waals surface area contributed by atoms with E-state index < -0.39 is 0 Å². The lowest BCUT2D eigenvalue weighted by Crippen LogP contribution is -2.32. The summed E-state index contributed by atoms with van der Waals surface area (Å²) in [7, 11) is 0. The maximum atomic E-state index is 9.77. The number of hydrogen-bond acceptors (Lipinski definition) is 6. The van der Waals surface area contributed by atoms with Gasteiger partial charge in [0, 0.05) is 12.1 Å². The number of likely N-dealkylation sites (tertiary alicyclic amines) is 2. The molecule has 2 aromatic rings. The molecule has 1 unspecified atom stereocenters. The molecule has 6 nitrogen and oxygen atoms in total. The molecule has 6 heteroatoms. The second kappa shape index (κ2) is 11.8. The molecule has 2 aliphatic heterocycles. The summed E-state index contributed by atoms with van der Waals surface area (Å²) in [5, 5.41) is 38.6. The average molecular weight is 469 g/mol. The van der Waals surface area contributed by atoms with Crippen molar-refractivity contribution in [1.82, 2.24) is 9.80 Å². The molecule has 0 bridgehead atoms. The fourth-order valence-corrected chi connectivity index (χ4v) is 5.76. The van der Waals surface area contributed by atoms with Crippen molar-refractivity contribution in [2.75, 3.05) is 26.2 Å². The van der Waals surface area contributed by atoms with Crippen molar-refractivity contribution in [2.45, 2.75) is 76.3 Å². The minimum atomic E-state index is -0.0491. The fourth-order valence-electron chi connectivity index (χ4n) is 5.76. The Hall–Kier alpha value is -2.44. The molecule has 34 heavy (non-hydrogen) atoms. The van der Waals surface area contributed by atoms with Crippen LogP contribution < -0.4 is 0 Å². The largest absolute Gasteiger partial charge is 0.504 e. The van der Waals surface area contributed by atoms with Gasteiger partial charge in [-0.2, -0.15) is 0 Å². The van der Waals surface area contributed by atoms with Crippen molar-refractivity contribution < 1.29 is 20.4 Å². The van der Waals surface area contributed by atoms with Gasteiger partial charge in [-0.3, -0.25) is 0 Å². The highest BCUT2D eigenvalue weighted by Gasteiger charge is 2.25. The molecular formula is C28H40N2O4. The van der Waals surface area contributed by atoms with Crippen LogP contribution in [0.2, 0.25) is 0 Å². The molecule has 0 amide bonds. The highest BCUT2D eigenvalue weighted by Crippen LogP contribution is 2.29. The summed E-state index contributed by atoms with van der Waals surface area (Å²) in [6.45, 7) is 4.62. The molecule has 186 valence electrons. The molecule has 4 rings (SSSR count). The van der Waals surface area contributed by atoms with Crippen LogP contribution in [0.3, 0.4) is 0 Å². The summed E-state index contributed by atoms with van der Waals surface area (Å²) >= 11 is 0. The first-order chi connectivity index (χ1) is 16.5. The van der Waals surface area contributed by atoms with E-state index in [1.165, 1.54) is 51.4 Å². The Bertz CT molecular complexity index is 859. The summed E-state index contributed by atoms with van der Waals surface area (Å²) in [4.78, 5) is 5.21. The highest BCUT2D eigenvalue weighted by atomic mass is 16.3. The van der Waals surface area contributed by atoms with Crippen LogP contribution >= 0.6 is 0 Å². The highest BCUT2D eigenvalue weighted by molar-refractivity contribution is 5.41.